The Labute approximate surface area is 210 Å². The molecule has 0 radical (unpaired) electrons. The zero-order chi connectivity index (χ0) is 25.0. The lowest BCUT2D eigenvalue weighted by atomic mass is 10.1. The summed E-state index contributed by atoms with van der Waals surface area (Å²) in [5.74, 6) is 0.0158. The van der Waals surface area contributed by atoms with Crippen molar-refractivity contribution in [1.82, 2.24) is 0 Å². The van der Waals surface area contributed by atoms with Crippen LogP contribution in [0.5, 0.6) is 11.5 Å². The fraction of sp³-hybridized carbons (Fsp3) is 0.0909. The summed E-state index contributed by atoms with van der Waals surface area (Å²) in [6, 6.07) is 14.2. The van der Waals surface area contributed by atoms with Gasteiger partial charge in [0.25, 0.3) is 6.43 Å². The third-order valence-corrected chi connectivity index (χ3v) is 6.63. The molecule has 0 aliphatic rings. The number of benzene rings is 3. The lowest BCUT2D eigenvalue weighted by Crippen LogP contribution is -2.16. The molecule has 176 valence electrons. The number of sulfonamides is 1. The zero-order valence-electron chi connectivity index (χ0n) is 17.1. The monoisotopic (exact) mass is 613 g/mol. The number of carbonyl (C=O) groups is 1. The largest absolute Gasteiger partial charge is 0.456 e. The van der Waals surface area contributed by atoms with Crippen LogP contribution in [-0.4, -0.2) is 14.3 Å². The minimum atomic E-state index is -3.87. The van der Waals surface area contributed by atoms with Crippen LogP contribution in [0.2, 0.25) is 0 Å². The van der Waals surface area contributed by atoms with E-state index in [1.165, 1.54) is 24.3 Å². The van der Waals surface area contributed by atoms with E-state index in [0.29, 0.717) is 25.9 Å². The molecular formula is C22H15Br2F2N3O4S. The van der Waals surface area contributed by atoms with Gasteiger partial charge in [-0.05, 0) is 86.0 Å². The predicted octanol–water partition coefficient (Wildman–Crippen LogP) is 5.64. The number of hydrogen-bond donors (Lipinski definition) is 2. The van der Waals surface area contributed by atoms with E-state index in [0.717, 1.165) is 12.1 Å². The number of nitrogens with zero attached hydrogens (tertiary/aromatic N) is 1. The quantitative estimate of drug-likeness (QED) is 0.356. The summed E-state index contributed by atoms with van der Waals surface area (Å²) in [4.78, 5) is 12.4. The second kappa shape index (κ2) is 10.6. The van der Waals surface area contributed by atoms with Crippen LogP contribution in [0.3, 0.4) is 0 Å². The van der Waals surface area contributed by atoms with Crippen LogP contribution < -0.4 is 15.2 Å². The molecule has 3 aromatic rings. The Morgan fingerprint density at radius 2 is 1.82 bits per heavy atom. The first-order valence-corrected chi connectivity index (χ1v) is 12.5. The fourth-order valence-electron chi connectivity index (χ4n) is 2.89. The minimum absolute atomic E-state index is 0.0122. The molecule has 0 bridgehead atoms. The average Bonchev–Trinajstić information content (AvgIpc) is 2.76. The zero-order valence-corrected chi connectivity index (χ0v) is 21.0. The SMILES string of the molecule is N#Cc1cc(Oc2ccc(CC(=O)Nc3ccc(S(N)(=O)=O)cc3Br)cc2Br)cc(C(F)F)c1. The highest BCUT2D eigenvalue weighted by Crippen LogP contribution is 2.33. The van der Waals surface area contributed by atoms with Crippen molar-refractivity contribution in [2.45, 2.75) is 17.7 Å². The number of anilines is 1. The van der Waals surface area contributed by atoms with Crippen molar-refractivity contribution in [3.8, 4) is 17.6 Å². The highest BCUT2D eigenvalue weighted by molar-refractivity contribution is 9.11. The second-order valence-electron chi connectivity index (χ2n) is 6.98. The van der Waals surface area contributed by atoms with Gasteiger partial charge in [0.15, 0.2) is 0 Å². The van der Waals surface area contributed by atoms with Gasteiger partial charge in [-0.2, -0.15) is 5.26 Å². The lowest BCUT2D eigenvalue weighted by molar-refractivity contribution is -0.115. The summed E-state index contributed by atoms with van der Waals surface area (Å²) in [6.07, 6.45) is -2.77. The van der Waals surface area contributed by atoms with Crippen LogP contribution in [0.15, 0.2) is 68.4 Å². The van der Waals surface area contributed by atoms with E-state index in [-0.39, 0.29) is 34.1 Å². The first-order chi connectivity index (χ1) is 16.0. The first-order valence-electron chi connectivity index (χ1n) is 9.38. The summed E-state index contributed by atoms with van der Waals surface area (Å²) in [7, 11) is -3.87. The Bertz CT molecular complexity index is 1410. The standard InChI is InChI=1S/C22H15Br2F2N3O4S/c23-17-10-16(34(28,31)32)2-3-19(17)29-21(30)8-12-1-4-20(18(24)7-12)33-15-6-13(11-27)5-14(9-15)22(25)26/h1-7,9-10,22H,8H2,(H,29,30)(H2,28,31,32). The molecule has 0 aliphatic carbocycles. The molecule has 1 amide bonds. The Morgan fingerprint density at radius 3 is 2.41 bits per heavy atom. The number of halogens is 4. The summed E-state index contributed by atoms with van der Waals surface area (Å²) >= 11 is 6.54. The number of amides is 1. The van der Waals surface area contributed by atoms with Crippen molar-refractivity contribution in [3.63, 3.8) is 0 Å². The molecule has 3 aromatic carbocycles. The molecule has 0 aliphatic heterocycles. The number of carbonyl (C=O) groups excluding carboxylic acids is 1. The molecule has 0 heterocycles. The number of ether oxygens (including phenoxy) is 1. The highest BCUT2D eigenvalue weighted by atomic mass is 79.9. The lowest BCUT2D eigenvalue weighted by Gasteiger charge is -2.12. The molecule has 0 unspecified atom stereocenters. The van der Waals surface area contributed by atoms with Crippen molar-refractivity contribution >= 4 is 53.5 Å². The Morgan fingerprint density at radius 1 is 1.09 bits per heavy atom. The van der Waals surface area contributed by atoms with Gasteiger partial charge in [0, 0.05) is 10.0 Å². The smallest absolute Gasteiger partial charge is 0.264 e. The Hall–Kier alpha value is -2.85. The van der Waals surface area contributed by atoms with Gasteiger partial charge in [-0.1, -0.05) is 6.07 Å². The van der Waals surface area contributed by atoms with E-state index in [4.69, 9.17) is 15.1 Å². The molecule has 0 atom stereocenters. The maximum absolute atomic E-state index is 13.1. The Balaban J connectivity index is 1.72. The molecular weight excluding hydrogens is 600 g/mol. The number of hydrogen-bond acceptors (Lipinski definition) is 5. The molecule has 7 nitrogen and oxygen atoms in total. The van der Waals surface area contributed by atoms with Gasteiger partial charge in [-0.15, -0.1) is 0 Å². The van der Waals surface area contributed by atoms with E-state index in [1.54, 1.807) is 18.2 Å². The summed E-state index contributed by atoms with van der Waals surface area (Å²) in [5, 5.41) is 16.8. The third-order valence-electron chi connectivity index (χ3n) is 4.44. The van der Waals surface area contributed by atoms with Crippen molar-refractivity contribution < 1.29 is 26.7 Å². The minimum Gasteiger partial charge on any atom is -0.456 e. The Kier molecular flexibility index (Phi) is 8.04. The number of nitrogens with one attached hydrogen (secondary N) is 1. The van der Waals surface area contributed by atoms with Gasteiger partial charge < -0.3 is 10.1 Å². The number of alkyl halides is 2. The van der Waals surface area contributed by atoms with E-state index in [1.807, 2.05) is 6.07 Å². The van der Waals surface area contributed by atoms with Crippen molar-refractivity contribution in [1.29, 1.82) is 5.26 Å². The molecule has 0 aromatic heterocycles. The van der Waals surface area contributed by atoms with E-state index < -0.39 is 16.4 Å². The topological polar surface area (TPSA) is 122 Å². The molecule has 3 rings (SSSR count). The number of rotatable bonds is 7. The molecule has 0 spiro atoms. The molecule has 0 saturated heterocycles. The molecule has 3 N–H and O–H groups in total. The molecule has 12 heteroatoms. The third kappa shape index (κ3) is 6.60. The maximum Gasteiger partial charge on any atom is 0.264 e. The average molecular weight is 615 g/mol. The van der Waals surface area contributed by atoms with E-state index in [9.17, 15) is 22.0 Å². The van der Waals surface area contributed by atoms with Crippen LogP contribution in [0, 0.1) is 11.3 Å². The summed E-state index contributed by atoms with van der Waals surface area (Å²) in [6.45, 7) is 0. The van der Waals surface area contributed by atoms with Crippen LogP contribution in [-0.2, 0) is 21.2 Å². The van der Waals surface area contributed by atoms with Gasteiger partial charge in [-0.3, -0.25) is 4.79 Å². The molecule has 0 saturated carbocycles. The number of nitriles is 1. The number of nitrogens with two attached hydrogens (primary N) is 1. The summed E-state index contributed by atoms with van der Waals surface area (Å²) < 4.78 is 55.4. The van der Waals surface area contributed by atoms with Gasteiger partial charge in [0.2, 0.25) is 15.9 Å². The second-order valence-corrected chi connectivity index (χ2v) is 10.3. The van der Waals surface area contributed by atoms with Crippen molar-refractivity contribution in [2.75, 3.05) is 5.32 Å². The van der Waals surface area contributed by atoms with Gasteiger partial charge in [0.1, 0.15) is 11.5 Å². The molecule has 0 fully saturated rings. The van der Waals surface area contributed by atoms with Gasteiger partial charge in [0.05, 0.1) is 33.1 Å². The van der Waals surface area contributed by atoms with Crippen molar-refractivity contribution in [2.24, 2.45) is 5.14 Å². The number of primary sulfonamides is 1. The molecule has 34 heavy (non-hydrogen) atoms. The van der Waals surface area contributed by atoms with E-state index in [2.05, 4.69) is 37.2 Å². The van der Waals surface area contributed by atoms with Crippen LogP contribution in [0.25, 0.3) is 0 Å². The predicted molar refractivity (Wildman–Crippen MR) is 128 cm³/mol. The fourth-order valence-corrected chi connectivity index (χ4v) is 4.57. The summed E-state index contributed by atoms with van der Waals surface area (Å²) in [5.41, 5.74) is 0.693. The van der Waals surface area contributed by atoms with Gasteiger partial charge in [-0.25, -0.2) is 22.3 Å². The van der Waals surface area contributed by atoms with Crippen LogP contribution >= 0.6 is 31.9 Å². The van der Waals surface area contributed by atoms with Crippen LogP contribution in [0.4, 0.5) is 14.5 Å². The first kappa shape index (κ1) is 25.8. The van der Waals surface area contributed by atoms with Crippen molar-refractivity contribution in [3.05, 3.63) is 80.2 Å². The van der Waals surface area contributed by atoms with Gasteiger partial charge >= 0.3 is 0 Å². The van der Waals surface area contributed by atoms with E-state index >= 15 is 0 Å². The normalized spacial score (nSPS) is 11.2. The highest BCUT2D eigenvalue weighted by Gasteiger charge is 2.15. The maximum atomic E-state index is 13.1. The van der Waals surface area contributed by atoms with Crippen LogP contribution in [0.1, 0.15) is 23.1 Å².